The molecule has 22 heavy (non-hydrogen) atoms. The lowest BCUT2D eigenvalue weighted by molar-refractivity contribution is 0.339. The first-order valence-electron chi connectivity index (χ1n) is 6.96. The fourth-order valence-corrected chi connectivity index (χ4v) is 3.20. The van der Waals surface area contributed by atoms with Gasteiger partial charge in [0.05, 0.1) is 16.5 Å². The number of aryl methyl sites for hydroxylation is 1. The molecular formula is C16H17ClNO3S-. The van der Waals surface area contributed by atoms with Crippen LogP contribution in [0, 0.1) is 0 Å². The van der Waals surface area contributed by atoms with Gasteiger partial charge in [-0.2, -0.15) is 0 Å². The van der Waals surface area contributed by atoms with E-state index in [1.807, 2.05) is 19.1 Å². The number of benzene rings is 2. The third-order valence-corrected chi connectivity index (χ3v) is 4.69. The van der Waals surface area contributed by atoms with E-state index in [1.54, 1.807) is 19.1 Å². The summed E-state index contributed by atoms with van der Waals surface area (Å²) in [5, 5.41) is 0.370. The number of halogens is 1. The smallest absolute Gasteiger partial charge is 0.139 e. The lowest BCUT2D eigenvalue weighted by atomic mass is 10.1. The van der Waals surface area contributed by atoms with Crippen LogP contribution in [0.2, 0.25) is 5.02 Å². The number of rotatable bonds is 6. The summed E-state index contributed by atoms with van der Waals surface area (Å²) in [5.74, 6) is 0.337. The number of sulfonamides is 1. The minimum absolute atomic E-state index is 0.0613. The molecule has 0 aromatic heterocycles. The monoisotopic (exact) mass is 338 g/mol. The molecule has 0 atom stereocenters. The Labute approximate surface area is 136 Å². The highest BCUT2D eigenvalue weighted by molar-refractivity contribution is 7.94. The highest BCUT2D eigenvalue weighted by Crippen LogP contribution is 2.34. The van der Waals surface area contributed by atoms with Crippen molar-refractivity contribution in [2.75, 3.05) is 6.61 Å². The summed E-state index contributed by atoms with van der Waals surface area (Å²) in [4.78, 5) is 0.0613. The second kappa shape index (κ2) is 7.03. The SMILES string of the molecule is CCOc1cc(S(=O)(=O)[N-]c2ccccc2CC)ccc1Cl. The van der Waals surface area contributed by atoms with Crippen LogP contribution < -0.4 is 4.74 Å². The molecule has 0 saturated carbocycles. The number of hydrogen-bond donors (Lipinski definition) is 0. The highest BCUT2D eigenvalue weighted by Gasteiger charge is 2.10. The fraction of sp³-hybridized carbons (Fsp3) is 0.250. The molecule has 0 saturated heterocycles. The third kappa shape index (κ3) is 3.72. The Morgan fingerprint density at radius 2 is 1.86 bits per heavy atom. The van der Waals surface area contributed by atoms with Crippen LogP contribution in [0.3, 0.4) is 0 Å². The molecule has 0 unspecified atom stereocenters. The van der Waals surface area contributed by atoms with Crippen molar-refractivity contribution in [1.82, 2.24) is 0 Å². The van der Waals surface area contributed by atoms with Gasteiger partial charge in [0, 0.05) is 0 Å². The molecule has 0 amide bonds. The van der Waals surface area contributed by atoms with E-state index in [4.69, 9.17) is 16.3 Å². The van der Waals surface area contributed by atoms with Crippen molar-refractivity contribution >= 4 is 27.3 Å². The van der Waals surface area contributed by atoms with Crippen LogP contribution in [-0.4, -0.2) is 15.0 Å². The van der Waals surface area contributed by atoms with Gasteiger partial charge in [-0.05, 0) is 31.5 Å². The molecule has 0 radical (unpaired) electrons. The van der Waals surface area contributed by atoms with Gasteiger partial charge >= 0.3 is 0 Å². The average molecular weight is 339 g/mol. The molecule has 2 aromatic carbocycles. The Bertz CT molecular complexity index is 760. The molecular weight excluding hydrogens is 322 g/mol. The van der Waals surface area contributed by atoms with Crippen LogP contribution >= 0.6 is 11.6 Å². The summed E-state index contributed by atoms with van der Waals surface area (Å²) in [5.41, 5.74) is 1.34. The van der Waals surface area contributed by atoms with E-state index >= 15 is 0 Å². The van der Waals surface area contributed by atoms with Crippen LogP contribution in [0.5, 0.6) is 5.75 Å². The van der Waals surface area contributed by atoms with Gasteiger partial charge < -0.3 is 9.46 Å². The molecule has 6 heteroatoms. The van der Waals surface area contributed by atoms with Gasteiger partial charge in [0.2, 0.25) is 0 Å². The lowest BCUT2D eigenvalue weighted by Crippen LogP contribution is -2.00. The molecule has 2 rings (SSSR count). The zero-order chi connectivity index (χ0) is 16.2. The molecule has 0 spiro atoms. The van der Waals surface area contributed by atoms with E-state index in [0.29, 0.717) is 29.5 Å². The Hall–Kier alpha value is -1.72. The highest BCUT2D eigenvalue weighted by atomic mass is 35.5. The first-order chi connectivity index (χ1) is 10.5. The molecule has 0 N–H and O–H groups in total. The van der Waals surface area contributed by atoms with Crippen molar-refractivity contribution < 1.29 is 13.2 Å². The van der Waals surface area contributed by atoms with E-state index in [1.165, 1.54) is 18.2 Å². The molecule has 0 aliphatic heterocycles. The summed E-state index contributed by atoms with van der Waals surface area (Å²) in [7, 11) is -3.82. The maximum absolute atomic E-state index is 12.5. The Morgan fingerprint density at radius 3 is 2.55 bits per heavy atom. The predicted molar refractivity (Wildman–Crippen MR) is 88.6 cm³/mol. The van der Waals surface area contributed by atoms with E-state index in [2.05, 4.69) is 4.72 Å². The van der Waals surface area contributed by atoms with Crippen molar-refractivity contribution in [3.05, 3.63) is 57.8 Å². The van der Waals surface area contributed by atoms with Gasteiger partial charge in [0.25, 0.3) is 0 Å². The summed E-state index contributed by atoms with van der Waals surface area (Å²) in [6.07, 6.45) is 0.708. The van der Waals surface area contributed by atoms with Crippen molar-refractivity contribution in [2.45, 2.75) is 25.2 Å². The predicted octanol–water partition coefficient (Wildman–Crippen LogP) is 4.70. The second-order valence-electron chi connectivity index (χ2n) is 4.57. The average Bonchev–Trinajstić information content (AvgIpc) is 2.49. The molecule has 0 aliphatic carbocycles. The molecule has 0 heterocycles. The van der Waals surface area contributed by atoms with Gasteiger partial charge in [0.15, 0.2) is 0 Å². The van der Waals surface area contributed by atoms with Crippen LogP contribution in [0.15, 0.2) is 47.4 Å². The standard InChI is InChI=1S/C16H17ClNO3S/c1-3-12-7-5-6-8-15(12)18-22(19,20)13-9-10-14(17)16(11-13)21-4-2/h5-11H,3-4H2,1-2H3/q-1. The maximum atomic E-state index is 12.5. The van der Waals surface area contributed by atoms with Crippen LogP contribution in [0.1, 0.15) is 19.4 Å². The number of hydrogen-bond acceptors (Lipinski definition) is 3. The Balaban J connectivity index is 2.36. The molecule has 2 aromatic rings. The summed E-state index contributed by atoms with van der Waals surface area (Å²) >= 11 is 5.98. The van der Waals surface area contributed by atoms with E-state index in [-0.39, 0.29) is 4.90 Å². The van der Waals surface area contributed by atoms with Gasteiger partial charge in [0.1, 0.15) is 15.8 Å². The third-order valence-electron chi connectivity index (χ3n) is 3.09. The van der Waals surface area contributed by atoms with E-state index in [9.17, 15) is 8.42 Å². The van der Waals surface area contributed by atoms with Crippen molar-refractivity contribution in [2.24, 2.45) is 0 Å². The minimum atomic E-state index is -3.82. The first-order valence-corrected chi connectivity index (χ1v) is 8.78. The van der Waals surface area contributed by atoms with Crippen LogP contribution in [0.4, 0.5) is 5.69 Å². The first kappa shape index (κ1) is 16.6. The zero-order valence-electron chi connectivity index (χ0n) is 12.4. The van der Waals surface area contributed by atoms with E-state index in [0.717, 1.165) is 5.56 Å². The minimum Gasteiger partial charge on any atom is -0.572 e. The summed E-state index contributed by atoms with van der Waals surface area (Å²) < 4.78 is 34.2. The summed E-state index contributed by atoms with van der Waals surface area (Å²) in [6.45, 7) is 4.16. The normalized spacial score (nSPS) is 11.2. The zero-order valence-corrected chi connectivity index (χ0v) is 14.0. The lowest BCUT2D eigenvalue weighted by Gasteiger charge is -2.25. The number of nitrogens with zero attached hydrogens (tertiary/aromatic N) is 1. The van der Waals surface area contributed by atoms with Crippen molar-refractivity contribution in [1.29, 1.82) is 0 Å². The van der Waals surface area contributed by atoms with Gasteiger partial charge in [-0.1, -0.05) is 48.4 Å². The summed E-state index contributed by atoms with van der Waals surface area (Å²) in [6, 6.07) is 11.5. The van der Waals surface area contributed by atoms with Gasteiger partial charge in [-0.15, -0.1) is 5.69 Å². The van der Waals surface area contributed by atoms with Crippen molar-refractivity contribution in [3.63, 3.8) is 0 Å². The molecule has 0 fully saturated rings. The van der Waals surface area contributed by atoms with E-state index < -0.39 is 10.0 Å². The van der Waals surface area contributed by atoms with Crippen molar-refractivity contribution in [3.8, 4) is 5.75 Å². The van der Waals surface area contributed by atoms with Gasteiger partial charge in [-0.25, -0.2) is 8.42 Å². The largest absolute Gasteiger partial charge is 0.572 e. The quantitative estimate of drug-likeness (QED) is 0.767. The Kier molecular flexibility index (Phi) is 5.32. The van der Waals surface area contributed by atoms with Crippen LogP contribution in [0.25, 0.3) is 4.72 Å². The molecule has 4 nitrogen and oxygen atoms in total. The number of ether oxygens (including phenoxy) is 1. The topological polar surface area (TPSA) is 57.5 Å². The van der Waals surface area contributed by atoms with Gasteiger partial charge in [-0.3, -0.25) is 0 Å². The molecule has 118 valence electrons. The Morgan fingerprint density at radius 1 is 1.14 bits per heavy atom. The molecule has 0 bridgehead atoms. The molecule has 0 aliphatic rings. The second-order valence-corrected chi connectivity index (χ2v) is 6.59. The fourth-order valence-electron chi connectivity index (χ4n) is 1.99. The van der Waals surface area contributed by atoms with Crippen LogP contribution in [-0.2, 0) is 16.4 Å². The maximum Gasteiger partial charge on any atom is 0.139 e.